The van der Waals surface area contributed by atoms with Gasteiger partial charge >= 0.3 is 6.03 Å². The number of benzene rings is 1. The number of aromatic nitrogens is 2. The first kappa shape index (κ1) is 14.1. The van der Waals surface area contributed by atoms with Crippen molar-refractivity contribution in [1.82, 2.24) is 10.2 Å². The van der Waals surface area contributed by atoms with Crippen molar-refractivity contribution in [2.45, 2.75) is 26.8 Å². The molecule has 0 aliphatic carbocycles. The first-order valence-corrected chi connectivity index (χ1v) is 6.42. The fourth-order valence-corrected chi connectivity index (χ4v) is 1.88. The summed E-state index contributed by atoms with van der Waals surface area (Å²) >= 11 is 0. The number of aromatic amines is 1. The number of hydrogen-bond acceptors (Lipinski definition) is 3. The number of amides is 2. The molecule has 1 aromatic heterocycles. The highest BCUT2D eigenvalue weighted by atomic mass is 16.2. The molecular weight excluding hydrogens is 254 g/mol. The van der Waals surface area contributed by atoms with E-state index in [2.05, 4.69) is 20.8 Å². The molecule has 0 aliphatic heterocycles. The van der Waals surface area contributed by atoms with Crippen molar-refractivity contribution in [1.29, 1.82) is 0 Å². The zero-order valence-electron chi connectivity index (χ0n) is 11.8. The van der Waals surface area contributed by atoms with Gasteiger partial charge in [0, 0.05) is 11.7 Å². The molecule has 2 rings (SSSR count). The van der Waals surface area contributed by atoms with E-state index in [0.717, 1.165) is 17.0 Å². The first-order valence-electron chi connectivity index (χ1n) is 6.42. The number of urea groups is 1. The third kappa shape index (κ3) is 3.16. The highest BCUT2D eigenvalue weighted by molar-refractivity contribution is 6.00. The number of carbonyl (C=O) groups excluding carboxylic acids is 1. The van der Waals surface area contributed by atoms with Crippen LogP contribution in [-0.4, -0.2) is 16.2 Å². The van der Waals surface area contributed by atoms with Crippen LogP contribution in [0, 0.1) is 13.8 Å². The van der Waals surface area contributed by atoms with Crippen LogP contribution < -0.4 is 16.4 Å². The molecule has 20 heavy (non-hydrogen) atoms. The molecule has 5 N–H and O–H groups in total. The van der Waals surface area contributed by atoms with Crippen LogP contribution in [0.15, 0.2) is 24.3 Å². The number of aryl methyl sites for hydroxylation is 2. The average Bonchev–Trinajstić information content (AvgIpc) is 2.71. The summed E-state index contributed by atoms with van der Waals surface area (Å²) in [7, 11) is 0. The molecule has 6 nitrogen and oxygen atoms in total. The van der Waals surface area contributed by atoms with E-state index < -0.39 is 0 Å². The lowest BCUT2D eigenvalue weighted by atomic mass is 10.1. The van der Waals surface area contributed by atoms with Crippen LogP contribution in [0.5, 0.6) is 0 Å². The second-order valence-corrected chi connectivity index (χ2v) is 4.80. The zero-order chi connectivity index (χ0) is 14.7. The van der Waals surface area contributed by atoms with Gasteiger partial charge in [0.05, 0.1) is 17.1 Å². The minimum absolute atomic E-state index is 0.0193. The average molecular weight is 273 g/mol. The molecule has 1 heterocycles. The lowest BCUT2D eigenvalue weighted by molar-refractivity contribution is 0.262. The Labute approximate surface area is 117 Å². The van der Waals surface area contributed by atoms with E-state index in [-0.39, 0.29) is 12.1 Å². The van der Waals surface area contributed by atoms with E-state index in [1.165, 1.54) is 0 Å². The van der Waals surface area contributed by atoms with Gasteiger partial charge in [-0.2, -0.15) is 5.10 Å². The maximum atomic E-state index is 11.9. The standard InChI is InChI=1S/C14H19N5O/c1-8(15)11-4-6-12(7-5-11)16-14(20)17-13-9(2)18-19-10(13)3/h4-8H,15H2,1-3H3,(H,18,19)(H2,16,17,20). The van der Waals surface area contributed by atoms with Crippen molar-refractivity contribution in [3.05, 3.63) is 41.2 Å². The molecule has 1 unspecified atom stereocenters. The molecule has 0 aliphatic rings. The molecule has 0 saturated heterocycles. The summed E-state index contributed by atoms with van der Waals surface area (Å²) in [6, 6.07) is 7.13. The number of hydrogen-bond donors (Lipinski definition) is 4. The highest BCUT2D eigenvalue weighted by Crippen LogP contribution is 2.17. The lowest BCUT2D eigenvalue weighted by Gasteiger charge is -2.09. The van der Waals surface area contributed by atoms with Gasteiger partial charge in [0.1, 0.15) is 0 Å². The van der Waals surface area contributed by atoms with Gasteiger partial charge in [0.25, 0.3) is 0 Å². The summed E-state index contributed by atoms with van der Waals surface area (Å²) in [5.41, 5.74) is 9.80. The Balaban J connectivity index is 2.01. The van der Waals surface area contributed by atoms with Crippen molar-refractivity contribution in [2.24, 2.45) is 5.73 Å². The van der Waals surface area contributed by atoms with E-state index in [0.29, 0.717) is 11.4 Å². The predicted molar refractivity (Wildman–Crippen MR) is 79.7 cm³/mol. The first-order chi connectivity index (χ1) is 9.47. The maximum absolute atomic E-state index is 11.9. The van der Waals surface area contributed by atoms with Crippen LogP contribution >= 0.6 is 0 Å². The summed E-state index contributed by atoms with van der Waals surface area (Å²) in [5.74, 6) is 0. The summed E-state index contributed by atoms with van der Waals surface area (Å²) in [5, 5.41) is 12.4. The van der Waals surface area contributed by atoms with E-state index in [1.807, 2.05) is 45.0 Å². The number of nitrogens with two attached hydrogens (primary N) is 1. The van der Waals surface area contributed by atoms with Gasteiger partial charge in [-0.3, -0.25) is 5.10 Å². The number of nitrogens with one attached hydrogen (secondary N) is 3. The van der Waals surface area contributed by atoms with Gasteiger partial charge in [-0.15, -0.1) is 0 Å². The molecule has 0 radical (unpaired) electrons. The van der Waals surface area contributed by atoms with Crippen molar-refractivity contribution in [3.8, 4) is 0 Å². The quantitative estimate of drug-likeness (QED) is 0.692. The molecule has 0 fully saturated rings. The van der Waals surface area contributed by atoms with Crippen LogP contribution in [0.4, 0.5) is 16.2 Å². The maximum Gasteiger partial charge on any atom is 0.323 e. The molecule has 0 spiro atoms. The third-order valence-corrected chi connectivity index (χ3v) is 3.06. The van der Waals surface area contributed by atoms with Gasteiger partial charge in [0.15, 0.2) is 0 Å². The summed E-state index contributed by atoms with van der Waals surface area (Å²) in [6.07, 6.45) is 0. The second kappa shape index (κ2) is 5.75. The van der Waals surface area contributed by atoms with E-state index >= 15 is 0 Å². The molecule has 2 amide bonds. The number of carbonyl (C=O) groups is 1. The largest absolute Gasteiger partial charge is 0.324 e. The monoisotopic (exact) mass is 273 g/mol. The van der Waals surface area contributed by atoms with Crippen LogP contribution in [0.25, 0.3) is 0 Å². The van der Waals surface area contributed by atoms with Gasteiger partial charge in [0.2, 0.25) is 0 Å². The fraction of sp³-hybridized carbons (Fsp3) is 0.286. The van der Waals surface area contributed by atoms with Crippen LogP contribution in [0.1, 0.15) is 29.9 Å². The van der Waals surface area contributed by atoms with E-state index in [9.17, 15) is 4.79 Å². The van der Waals surface area contributed by atoms with Crippen LogP contribution in [0.2, 0.25) is 0 Å². The number of rotatable bonds is 3. The van der Waals surface area contributed by atoms with Gasteiger partial charge in [-0.25, -0.2) is 4.79 Å². The molecule has 1 aromatic carbocycles. The molecule has 2 aromatic rings. The van der Waals surface area contributed by atoms with Crippen molar-refractivity contribution < 1.29 is 4.79 Å². The van der Waals surface area contributed by atoms with Crippen LogP contribution in [-0.2, 0) is 0 Å². The molecular formula is C14H19N5O. The van der Waals surface area contributed by atoms with E-state index in [4.69, 9.17) is 5.73 Å². The Morgan fingerprint density at radius 3 is 2.40 bits per heavy atom. The Hall–Kier alpha value is -2.34. The molecule has 1 atom stereocenters. The summed E-state index contributed by atoms with van der Waals surface area (Å²) in [6.45, 7) is 5.60. The molecule has 0 bridgehead atoms. The molecule has 106 valence electrons. The number of nitrogens with zero attached hydrogens (tertiary/aromatic N) is 1. The highest BCUT2D eigenvalue weighted by Gasteiger charge is 2.10. The summed E-state index contributed by atoms with van der Waals surface area (Å²) < 4.78 is 0. The van der Waals surface area contributed by atoms with Gasteiger partial charge in [-0.05, 0) is 38.5 Å². The Kier molecular flexibility index (Phi) is 4.05. The Morgan fingerprint density at radius 1 is 1.25 bits per heavy atom. The minimum Gasteiger partial charge on any atom is -0.324 e. The smallest absolute Gasteiger partial charge is 0.323 e. The van der Waals surface area contributed by atoms with E-state index in [1.54, 1.807) is 0 Å². The third-order valence-electron chi connectivity index (χ3n) is 3.06. The Bertz CT molecular complexity index is 581. The molecule has 6 heteroatoms. The lowest BCUT2D eigenvalue weighted by Crippen LogP contribution is -2.20. The summed E-state index contributed by atoms with van der Waals surface area (Å²) in [4.78, 5) is 11.9. The second-order valence-electron chi connectivity index (χ2n) is 4.80. The normalized spacial score (nSPS) is 12.0. The van der Waals surface area contributed by atoms with Crippen LogP contribution in [0.3, 0.4) is 0 Å². The van der Waals surface area contributed by atoms with Crippen molar-refractivity contribution in [3.63, 3.8) is 0 Å². The topological polar surface area (TPSA) is 95.8 Å². The van der Waals surface area contributed by atoms with Gasteiger partial charge < -0.3 is 16.4 Å². The van der Waals surface area contributed by atoms with Gasteiger partial charge in [-0.1, -0.05) is 12.1 Å². The zero-order valence-corrected chi connectivity index (χ0v) is 11.8. The number of H-pyrrole nitrogens is 1. The fourth-order valence-electron chi connectivity index (χ4n) is 1.88. The van der Waals surface area contributed by atoms with Crippen molar-refractivity contribution in [2.75, 3.05) is 10.6 Å². The molecule has 0 saturated carbocycles. The SMILES string of the molecule is Cc1n[nH]c(C)c1NC(=O)Nc1ccc(C(C)N)cc1. The Morgan fingerprint density at radius 2 is 1.90 bits per heavy atom. The van der Waals surface area contributed by atoms with Crippen molar-refractivity contribution >= 4 is 17.4 Å². The minimum atomic E-state index is -0.300. The number of anilines is 2. The predicted octanol–water partition coefficient (Wildman–Crippen LogP) is 2.69.